The Hall–Kier alpha value is -2.21. The van der Waals surface area contributed by atoms with Gasteiger partial charge < -0.3 is 5.32 Å². The molecular formula is C17H18N4OS. The monoisotopic (exact) mass is 326 g/mol. The number of carbonyl (C=O) groups is 1. The molecule has 0 saturated heterocycles. The summed E-state index contributed by atoms with van der Waals surface area (Å²) in [5, 5.41) is 8.30. The number of aromatic nitrogens is 3. The maximum Gasteiger partial charge on any atom is 0.228 e. The smallest absolute Gasteiger partial charge is 0.228 e. The van der Waals surface area contributed by atoms with Gasteiger partial charge in [0.1, 0.15) is 5.82 Å². The second-order valence-corrected chi connectivity index (χ2v) is 7.18. The normalized spacial score (nSPS) is 14.9. The topological polar surface area (TPSA) is 59.8 Å². The molecule has 118 valence electrons. The lowest BCUT2D eigenvalue weighted by Gasteiger charge is -2.23. The molecule has 4 rings (SSSR count). The molecule has 0 unspecified atom stereocenters. The van der Waals surface area contributed by atoms with Gasteiger partial charge >= 0.3 is 0 Å². The van der Waals surface area contributed by atoms with Gasteiger partial charge in [0, 0.05) is 12.0 Å². The predicted octanol–water partition coefficient (Wildman–Crippen LogP) is 3.84. The Morgan fingerprint density at radius 3 is 2.87 bits per heavy atom. The summed E-state index contributed by atoms with van der Waals surface area (Å²) in [6.07, 6.45) is 3.12. The average molecular weight is 326 g/mol. The van der Waals surface area contributed by atoms with Crippen LogP contribution in [0.4, 0.5) is 5.82 Å². The first-order valence-corrected chi connectivity index (χ1v) is 8.67. The van der Waals surface area contributed by atoms with E-state index in [2.05, 4.69) is 34.5 Å². The summed E-state index contributed by atoms with van der Waals surface area (Å²) >= 11 is 1.59. The van der Waals surface area contributed by atoms with Crippen LogP contribution in [0.2, 0.25) is 0 Å². The van der Waals surface area contributed by atoms with Crippen molar-refractivity contribution in [3.63, 3.8) is 0 Å². The second kappa shape index (κ2) is 5.45. The summed E-state index contributed by atoms with van der Waals surface area (Å²) in [7, 11) is 0. The highest BCUT2D eigenvalue weighted by Gasteiger charge is 2.26. The van der Waals surface area contributed by atoms with E-state index in [1.165, 1.54) is 5.56 Å². The summed E-state index contributed by atoms with van der Waals surface area (Å²) in [5.74, 6) is 0.946. The van der Waals surface area contributed by atoms with Crippen molar-refractivity contribution in [2.24, 2.45) is 5.92 Å². The molecule has 0 bridgehead atoms. The minimum Gasteiger partial charge on any atom is -0.310 e. The van der Waals surface area contributed by atoms with Crippen LogP contribution < -0.4 is 5.32 Å². The van der Waals surface area contributed by atoms with Gasteiger partial charge in [-0.15, -0.1) is 0 Å². The molecule has 3 aromatic rings. The minimum atomic E-state index is 0.0920. The fourth-order valence-electron chi connectivity index (χ4n) is 2.74. The second-order valence-electron chi connectivity index (χ2n) is 6.17. The van der Waals surface area contributed by atoms with E-state index in [9.17, 15) is 4.79 Å². The van der Waals surface area contributed by atoms with E-state index in [0.717, 1.165) is 40.3 Å². The SMILES string of the molecule is Cc1ccc2nc(-n3nc(C)cc3NC(=O)C3CCC3)sc2c1. The van der Waals surface area contributed by atoms with Gasteiger partial charge in [-0.25, -0.2) is 4.98 Å². The number of thiazole rings is 1. The van der Waals surface area contributed by atoms with Crippen molar-refractivity contribution in [1.82, 2.24) is 14.8 Å². The maximum atomic E-state index is 12.2. The third-order valence-corrected chi connectivity index (χ3v) is 5.27. The standard InChI is InChI=1S/C17H18N4OS/c1-10-6-7-13-14(8-10)23-17(18-13)21-15(9-11(2)20-21)19-16(22)12-4-3-5-12/h6-9,12H,3-5H2,1-2H3,(H,19,22). The van der Waals surface area contributed by atoms with E-state index < -0.39 is 0 Å². The Morgan fingerprint density at radius 2 is 2.13 bits per heavy atom. The summed E-state index contributed by atoms with van der Waals surface area (Å²) in [6.45, 7) is 3.99. The van der Waals surface area contributed by atoms with E-state index >= 15 is 0 Å². The van der Waals surface area contributed by atoms with Crippen molar-refractivity contribution in [3.05, 3.63) is 35.5 Å². The molecule has 0 spiro atoms. The van der Waals surface area contributed by atoms with Gasteiger partial charge in [-0.3, -0.25) is 4.79 Å². The van der Waals surface area contributed by atoms with E-state index in [0.29, 0.717) is 5.82 Å². The first-order chi connectivity index (χ1) is 11.1. The molecule has 23 heavy (non-hydrogen) atoms. The largest absolute Gasteiger partial charge is 0.310 e. The van der Waals surface area contributed by atoms with E-state index in [1.807, 2.05) is 19.1 Å². The van der Waals surface area contributed by atoms with E-state index in [-0.39, 0.29) is 11.8 Å². The fraction of sp³-hybridized carbons (Fsp3) is 0.353. The van der Waals surface area contributed by atoms with Gasteiger partial charge in [0.2, 0.25) is 11.0 Å². The summed E-state index contributed by atoms with van der Waals surface area (Å²) in [5.41, 5.74) is 3.03. The van der Waals surface area contributed by atoms with Gasteiger partial charge in [-0.05, 0) is 44.4 Å². The van der Waals surface area contributed by atoms with Gasteiger partial charge in [-0.2, -0.15) is 9.78 Å². The first kappa shape index (κ1) is 14.4. The number of nitrogens with zero attached hydrogens (tertiary/aromatic N) is 3. The zero-order valence-electron chi connectivity index (χ0n) is 13.2. The predicted molar refractivity (Wildman–Crippen MR) is 92.2 cm³/mol. The molecule has 2 heterocycles. The summed E-state index contributed by atoms with van der Waals surface area (Å²) < 4.78 is 2.87. The highest BCUT2D eigenvalue weighted by atomic mass is 32.1. The van der Waals surface area contributed by atoms with Crippen LogP contribution in [0.5, 0.6) is 0 Å². The number of amides is 1. The summed E-state index contributed by atoms with van der Waals surface area (Å²) in [4.78, 5) is 16.9. The van der Waals surface area contributed by atoms with E-state index in [4.69, 9.17) is 0 Å². The van der Waals surface area contributed by atoms with Gasteiger partial charge in [0.25, 0.3) is 0 Å². The minimum absolute atomic E-state index is 0.0920. The number of fused-ring (bicyclic) bond motifs is 1. The molecule has 1 saturated carbocycles. The Bertz CT molecular complexity index is 891. The zero-order chi connectivity index (χ0) is 16.0. The van der Waals surface area contributed by atoms with Crippen molar-refractivity contribution in [1.29, 1.82) is 0 Å². The van der Waals surface area contributed by atoms with Crippen LogP contribution in [-0.4, -0.2) is 20.7 Å². The van der Waals surface area contributed by atoms with Crippen LogP contribution in [0.1, 0.15) is 30.5 Å². The molecule has 0 atom stereocenters. The van der Waals surface area contributed by atoms with Crippen LogP contribution in [0.15, 0.2) is 24.3 Å². The fourth-order valence-corrected chi connectivity index (χ4v) is 3.77. The molecule has 1 aliphatic carbocycles. The van der Waals surface area contributed by atoms with Gasteiger partial charge in [0.15, 0.2) is 0 Å². The molecule has 1 N–H and O–H groups in total. The Morgan fingerprint density at radius 1 is 1.30 bits per heavy atom. The number of carbonyl (C=O) groups excluding carboxylic acids is 1. The van der Waals surface area contributed by atoms with Crippen molar-refractivity contribution in [2.75, 3.05) is 5.32 Å². The van der Waals surface area contributed by atoms with Crippen LogP contribution in [-0.2, 0) is 4.79 Å². The highest BCUT2D eigenvalue weighted by molar-refractivity contribution is 7.20. The molecule has 1 aliphatic rings. The van der Waals surface area contributed by atoms with Crippen LogP contribution in [0.25, 0.3) is 15.3 Å². The average Bonchev–Trinajstić information content (AvgIpc) is 2.99. The van der Waals surface area contributed by atoms with Crippen LogP contribution >= 0.6 is 11.3 Å². The molecule has 2 aromatic heterocycles. The first-order valence-electron chi connectivity index (χ1n) is 7.85. The van der Waals surface area contributed by atoms with Crippen LogP contribution in [0.3, 0.4) is 0 Å². The molecule has 1 amide bonds. The number of anilines is 1. The number of aryl methyl sites for hydroxylation is 2. The molecule has 0 radical (unpaired) electrons. The Labute approximate surface area is 138 Å². The molecular weight excluding hydrogens is 308 g/mol. The Balaban J connectivity index is 1.70. The zero-order valence-corrected chi connectivity index (χ0v) is 14.0. The lowest BCUT2D eigenvalue weighted by Crippen LogP contribution is -2.28. The number of nitrogens with one attached hydrogen (secondary N) is 1. The number of benzene rings is 1. The van der Waals surface area contributed by atoms with Crippen LogP contribution in [0, 0.1) is 19.8 Å². The molecule has 0 aliphatic heterocycles. The summed E-state index contributed by atoms with van der Waals surface area (Å²) in [6, 6.07) is 8.10. The van der Waals surface area contributed by atoms with E-state index in [1.54, 1.807) is 16.0 Å². The molecule has 1 aromatic carbocycles. The molecule has 5 nitrogen and oxygen atoms in total. The number of hydrogen-bond acceptors (Lipinski definition) is 4. The van der Waals surface area contributed by atoms with Crippen molar-refractivity contribution >= 4 is 33.3 Å². The third kappa shape index (κ3) is 2.63. The lowest BCUT2D eigenvalue weighted by molar-refractivity contribution is -0.122. The van der Waals surface area contributed by atoms with Crippen molar-refractivity contribution < 1.29 is 4.79 Å². The number of hydrogen-bond donors (Lipinski definition) is 1. The molecule has 1 fully saturated rings. The quantitative estimate of drug-likeness (QED) is 0.795. The maximum absolute atomic E-state index is 12.2. The van der Waals surface area contributed by atoms with Crippen molar-refractivity contribution in [3.8, 4) is 5.13 Å². The Kier molecular flexibility index (Phi) is 3.41. The highest BCUT2D eigenvalue weighted by Crippen LogP contribution is 2.30. The van der Waals surface area contributed by atoms with Gasteiger partial charge in [0.05, 0.1) is 15.9 Å². The third-order valence-electron chi connectivity index (χ3n) is 4.27. The number of rotatable bonds is 3. The van der Waals surface area contributed by atoms with Crippen molar-refractivity contribution in [2.45, 2.75) is 33.1 Å². The van der Waals surface area contributed by atoms with Gasteiger partial charge in [-0.1, -0.05) is 23.8 Å². The molecule has 6 heteroatoms. The lowest BCUT2D eigenvalue weighted by atomic mass is 9.85.